The lowest BCUT2D eigenvalue weighted by Crippen LogP contribution is -2.38. The van der Waals surface area contributed by atoms with Gasteiger partial charge in [0.25, 0.3) is 0 Å². The first-order valence-corrected chi connectivity index (χ1v) is 7.54. The highest BCUT2D eigenvalue weighted by molar-refractivity contribution is 5.79. The number of carbonyl (C=O) groups excluding carboxylic acids is 1. The lowest BCUT2D eigenvalue weighted by atomic mass is 9.87. The third kappa shape index (κ3) is 3.06. The van der Waals surface area contributed by atoms with Crippen LogP contribution in [0.2, 0.25) is 0 Å². The second-order valence-corrected chi connectivity index (χ2v) is 5.78. The molecule has 22 heavy (non-hydrogen) atoms. The predicted octanol–water partition coefficient (Wildman–Crippen LogP) is 1.92. The molecule has 0 fully saturated rings. The topological polar surface area (TPSA) is 80.1 Å². The van der Waals surface area contributed by atoms with Crippen LogP contribution >= 0.6 is 0 Å². The zero-order valence-corrected chi connectivity index (χ0v) is 12.9. The number of amides is 1. The monoisotopic (exact) mass is 303 g/mol. The number of furan rings is 1. The summed E-state index contributed by atoms with van der Waals surface area (Å²) in [6.45, 7) is 2.28. The van der Waals surface area contributed by atoms with E-state index in [1.165, 1.54) is 0 Å². The first kappa shape index (κ1) is 14.8. The Hall–Kier alpha value is -2.08. The van der Waals surface area contributed by atoms with Crippen LogP contribution in [0, 0.1) is 12.8 Å². The van der Waals surface area contributed by atoms with Gasteiger partial charge in [-0.15, -0.1) is 0 Å². The highest BCUT2D eigenvalue weighted by Crippen LogP contribution is 2.25. The third-order valence-corrected chi connectivity index (χ3v) is 4.14. The molecule has 0 bridgehead atoms. The van der Waals surface area contributed by atoms with Gasteiger partial charge in [-0.25, -0.2) is 0 Å². The second kappa shape index (κ2) is 6.36. The molecule has 3 rings (SSSR count). The summed E-state index contributed by atoms with van der Waals surface area (Å²) in [5.74, 6) is 1.57. The Bertz CT molecular complexity index is 647. The van der Waals surface area contributed by atoms with E-state index >= 15 is 0 Å². The maximum Gasteiger partial charge on any atom is 0.224 e. The lowest BCUT2D eigenvalue weighted by Gasteiger charge is -2.23. The normalized spacial score (nSPS) is 18.7. The van der Waals surface area contributed by atoms with Crippen LogP contribution in [0.5, 0.6) is 0 Å². The van der Waals surface area contributed by atoms with Gasteiger partial charge < -0.3 is 14.5 Å². The number of rotatable bonds is 5. The van der Waals surface area contributed by atoms with E-state index in [1.807, 2.05) is 25.3 Å². The molecule has 0 aromatic carbocycles. The second-order valence-electron chi connectivity index (χ2n) is 5.78. The molecule has 6 heteroatoms. The first-order chi connectivity index (χ1) is 10.7. The van der Waals surface area contributed by atoms with E-state index in [0.29, 0.717) is 6.61 Å². The number of fused-ring (bicyclic) bond motifs is 1. The average molecular weight is 303 g/mol. The Labute approximate surface area is 129 Å². The zero-order chi connectivity index (χ0) is 15.5. The van der Waals surface area contributed by atoms with Crippen LogP contribution in [0.1, 0.15) is 35.2 Å². The molecular formula is C16H21N3O3. The highest BCUT2D eigenvalue weighted by Gasteiger charge is 2.28. The fourth-order valence-electron chi connectivity index (χ4n) is 2.93. The molecule has 0 radical (unpaired) electrons. The quantitative estimate of drug-likeness (QED) is 0.884. The summed E-state index contributed by atoms with van der Waals surface area (Å²) in [6, 6.07) is 3.52. The van der Waals surface area contributed by atoms with E-state index in [-0.39, 0.29) is 17.9 Å². The van der Waals surface area contributed by atoms with Gasteiger partial charge in [-0.3, -0.25) is 9.89 Å². The van der Waals surface area contributed by atoms with Crippen LogP contribution < -0.4 is 5.32 Å². The number of aryl methyl sites for hydroxylation is 2. The van der Waals surface area contributed by atoms with Crippen LogP contribution in [-0.4, -0.2) is 29.8 Å². The summed E-state index contributed by atoms with van der Waals surface area (Å²) >= 11 is 0. The van der Waals surface area contributed by atoms with E-state index in [1.54, 1.807) is 7.11 Å². The number of aromatic nitrogens is 2. The summed E-state index contributed by atoms with van der Waals surface area (Å²) in [6.07, 6.45) is 4.24. The molecule has 2 aromatic rings. The molecule has 1 aliphatic rings. The van der Waals surface area contributed by atoms with Crippen molar-refractivity contribution in [3.05, 3.63) is 41.1 Å². The molecule has 0 saturated heterocycles. The molecule has 118 valence electrons. The number of nitrogens with zero attached hydrogens (tertiary/aromatic N) is 1. The smallest absolute Gasteiger partial charge is 0.224 e. The van der Waals surface area contributed by atoms with Crippen molar-refractivity contribution in [2.45, 2.75) is 32.2 Å². The number of aromatic amines is 1. The summed E-state index contributed by atoms with van der Waals surface area (Å²) in [5, 5.41) is 10.1. The van der Waals surface area contributed by atoms with Crippen LogP contribution in [0.15, 0.2) is 22.7 Å². The Balaban J connectivity index is 1.67. The van der Waals surface area contributed by atoms with Crippen molar-refractivity contribution in [3.8, 4) is 0 Å². The number of hydrogen-bond acceptors (Lipinski definition) is 4. The molecule has 2 heterocycles. The van der Waals surface area contributed by atoms with Crippen molar-refractivity contribution in [1.29, 1.82) is 0 Å². The number of hydrogen-bond donors (Lipinski definition) is 2. The maximum atomic E-state index is 12.6. The standard InChI is InChI=1S/C16H21N3O3/c1-10-3-6-15(22-10)14(9-21-2)18-16(20)11-4-5-13-12(7-11)8-17-19-13/h3,6,8,11,14H,4-5,7,9H2,1-2H3,(H,17,19)(H,18,20)/t11-,14+/m0/s1. The predicted molar refractivity (Wildman–Crippen MR) is 80.3 cm³/mol. The van der Waals surface area contributed by atoms with Crippen molar-refractivity contribution in [2.75, 3.05) is 13.7 Å². The van der Waals surface area contributed by atoms with E-state index in [0.717, 1.165) is 42.0 Å². The zero-order valence-electron chi connectivity index (χ0n) is 12.9. The molecule has 2 atom stereocenters. The van der Waals surface area contributed by atoms with Gasteiger partial charge in [0.05, 0.1) is 12.8 Å². The summed E-state index contributed by atoms with van der Waals surface area (Å²) in [7, 11) is 1.62. The molecule has 0 unspecified atom stereocenters. The molecular weight excluding hydrogens is 282 g/mol. The number of methoxy groups -OCH3 is 1. The summed E-state index contributed by atoms with van der Waals surface area (Å²) in [4.78, 5) is 12.6. The molecule has 1 amide bonds. The molecule has 0 saturated carbocycles. The average Bonchev–Trinajstić information content (AvgIpc) is 3.14. The van der Waals surface area contributed by atoms with Crippen molar-refractivity contribution < 1.29 is 13.9 Å². The van der Waals surface area contributed by atoms with Gasteiger partial charge in [0.2, 0.25) is 5.91 Å². The van der Waals surface area contributed by atoms with Gasteiger partial charge >= 0.3 is 0 Å². The molecule has 0 spiro atoms. The fraction of sp³-hybridized carbons (Fsp3) is 0.500. The Kier molecular flexibility index (Phi) is 4.29. The van der Waals surface area contributed by atoms with Gasteiger partial charge in [-0.05, 0) is 43.9 Å². The number of ether oxygens (including phenoxy) is 1. The molecule has 1 aliphatic carbocycles. The minimum atomic E-state index is -0.253. The lowest BCUT2D eigenvalue weighted by molar-refractivity contribution is -0.126. The molecule has 6 nitrogen and oxygen atoms in total. The Morgan fingerprint density at radius 1 is 1.59 bits per heavy atom. The first-order valence-electron chi connectivity index (χ1n) is 7.54. The SMILES string of the molecule is COC[C@@H](NC(=O)[C@H]1CCc2[nH]ncc2C1)c1ccc(C)o1. The number of nitrogens with one attached hydrogen (secondary N) is 2. The minimum Gasteiger partial charge on any atom is -0.464 e. The third-order valence-electron chi connectivity index (χ3n) is 4.14. The van der Waals surface area contributed by atoms with E-state index in [9.17, 15) is 4.79 Å². The van der Waals surface area contributed by atoms with Gasteiger partial charge in [0, 0.05) is 18.7 Å². The summed E-state index contributed by atoms with van der Waals surface area (Å²) < 4.78 is 10.8. The van der Waals surface area contributed by atoms with Crippen LogP contribution in [0.4, 0.5) is 0 Å². The molecule has 2 aromatic heterocycles. The van der Waals surface area contributed by atoms with E-state index < -0.39 is 0 Å². The van der Waals surface area contributed by atoms with Crippen molar-refractivity contribution in [2.24, 2.45) is 5.92 Å². The molecule has 2 N–H and O–H groups in total. The fourth-order valence-corrected chi connectivity index (χ4v) is 2.93. The number of H-pyrrole nitrogens is 1. The van der Waals surface area contributed by atoms with E-state index in [4.69, 9.17) is 9.15 Å². The minimum absolute atomic E-state index is 0.0273. The van der Waals surface area contributed by atoms with Crippen LogP contribution in [0.25, 0.3) is 0 Å². The maximum absolute atomic E-state index is 12.6. The molecule has 0 aliphatic heterocycles. The van der Waals surface area contributed by atoms with E-state index in [2.05, 4.69) is 15.5 Å². The van der Waals surface area contributed by atoms with Gasteiger partial charge in [0.15, 0.2) is 0 Å². The van der Waals surface area contributed by atoms with Gasteiger partial charge in [-0.1, -0.05) is 0 Å². The number of carbonyl (C=O) groups is 1. The highest BCUT2D eigenvalue weighted by atomic mass is 16.5. The Morgan fingerprint density at radius 2 is 2.45 bits per heavy atom. The van der Waals surface area contributed by atoms with Crippen molar-refractivity contribution in [3.63, 3.8) is 0 Å². The Morgan fingerprint density at radius 3 is 3.18 bits per heavy atom. The van der Waals surface area contributed by atoms with Crippen molar-refractivity contribution in [1.82, 2.24) is 15.5 Å². The van der Waals surface area contributed by atoms with Crippen LogP contribution in [-0.2, 0) is 22.4 Å². The van der Waals surface area contributed by atoms with Gasteiger partial charge in [-0.2, -0.15) is 5.10 Å². The summed E-state index contributed by atoms with van der Waals surface area (Å²) in [5.41, 5.74) is 2.29. The van der Waals surface area contributed by atoms with Crippen molar-refractivity contribution >= 4 is 5.91 Å². The van der Waals surface area contributed by atoms with Crippen LogP contribution in [0.3, 0.4) is 0 Å². The van der Waals surface area contributed by atoms with Gasteiger partial charge in [0.1, 0.15) is 17.6 Å². The largest absolute Gasteiger partial charge is 0.464 e.